The molecule has 0 aliphatic rings. The number of fused-ring (bicyclic) bond motifs is 1. The zero-order chi connectivity index (χ0) is 20.4. The van der Waals surface area contributed by atoms with Gasteiger partial charge in [-0.25, -0.2) is 4.98 Å². The van der Waals surface area contributed by atoms with Crippen molar-refractivity contribution in [1.29, 1.82) is 0 Å². The van der Waals surface area contributed by atoms with E-state index < -0.39 is 0 Å². The van der Waals surface area contributed by atoms with Crippen molar-refractivity contribution >= 4 is 61.5 Å². The van der Waals surface area contributed by atoms with E-state index in [1.807, 2.05) is 31.2 Å². The second-order valence-electron chi connectivity index (χ2n) is 6.13. The lowest BCUT2D eigenvalue weighted by Crippen LogP contribution is -2.26. The summed E-state index contributed by atoms with van der Waals surface area (Å²) < 4.78 is 6.60. The third-order valence-corrected chi connectivity index (χ3v) is 5.92. The highest BCUT2D eigenvalue weighted by Crippen LogP contribution is 2.38. The first-order valence-corrected chi connectivity index (χ1v) is 10.5. The molecular weight excluding hydrogens is 427 g/mol. The van der Waals surface area contributed by atoms with E-state index in [1.165, 1.54) is 11.3 Å². The van der Waals surface area contributed by atoms with Crippen molar-refractivity contribution in [3.8, 4) is 5.75 Å². The van der Waals surface area contributed by atoms with Crippen LogP contribution in [0.15, 0.2) is 66.7 Å². The SMILES string of the molecule is CCOc1cc(N(C(=O)c2ccccc2Cl)c2nc3ccccc3s2)ccc1Cl. The molecule has 7 heteroatoms. The molecule has 0 saturated heterocycles. The highest BCUT2D eigenvalue weighted by atomic mass is 35.5. The molecule has 0 fully saturated rings. The maximum Gasteiger partial charge on any atom is 0.266 e. The van der Waals surface area contributed by atoms with Gasteiger partial charge in [0.05, 0.1) is 38.1 Å². The van der Waals surface area contributed by atoms with Gasteiger partial charge in [0.25, 0.3) is 5.91 Å². The number of ether oxygens (including phenoxy) is 1. The number of halogens is 2. The molecule has 1 amide bonds. The third kappa shape index (κ3) is 3.94. The number of amides is 1. The number of carbonyl (C=O) groups excluding carboxylic acids is 1. The van der Waals surface area contributed by atoms with E-state index in [4.69, 9.17) is 27.9 Å². The Hall–Kier alpha value is -2.60. The quantitative estimate of drug-likeness (QED) is 0.334. The van der Waals surface area contributed by atoms with Crippen LogP contribution >= 0.6 is 34.5 Å². The number of hydrogen-bond acceptors (Lipinski definition) is 4. The lowest BCUT2D eigenvalue weighted by molar-refractivity contribution is 0.0999. The van der Waals surface area contributed by atoms with Gasteiger partial charge in [0.1, 0.15) is 5.75 Å². The van der Waals surface area contributed by atoms with E-state index in [0.717, 1.165) is 10.2 Å². The van der Waals surface area contributed by atoms with E-state index in [9.17, 15) is 4.79 Å². The van der Waals surface area contributed by atoms with Crippen LogP contribution in [-0.4, -0.2) is 17.5 Å². The summed E-state index contributed by atoms with van der Waals surface area (Å²) >= 11 is 14.0. The summed E-state index contributed by atoms with van der Waals surface area (Å²) in [5.74, 6) is 0.226. The van der Waals surface area contributed by atoms with Crippen LogP contribution in [0.4, 0.5) is 10.8 Å². The van der Waals surface area contributed by atoms with E-state index in [1.54, 1.807) is 47.4 Å². The van der Waals surface area contributed by atoms with Crippen LogP contribution in [0, 0.1) is 0 Å². The van der Waals surface area contributed by atoms with Gasteiger partial charge in [-0.3, -0.25) is 9.69 Å². The van der Waals surface area contributed by atoms with Gasteiger partial charge in [0, 0.05) is 6.07 Å². The Balaban J connectivity index is 1.88. The molecule has 0 aliphatic heterocycles. The third-order valence-electron chi connectivity index (χ3n) is 4.25. The predicted molar refractivity (Wildman–Crippen MR) is 120 cm³/mol. The maximum atomic E-state index is 13.5. The number of hydrogen-bond donors (Lipinski definition) is 0. The maximum absolute atomic E-state index is 13.5. The van der Waals surface area contributed by atoms with Crippen LogP contribution in [0.2, 0.25) is 10.0 Å². The van der Waals surface area contributed by atoms with E-state index in [-0.39, 0.29) is 5.91 Å². The Bertz CT molecular complexity index is 1160. The molecule has 146 valence electrons. The highest BCUT2D eigenvalue weighted by molar-refractivity contribution is 7.22. The topological polar surface area (TPSA) is 42.4 Å². The van der Waals surface area contributed by atoms with Gasteiger partial charge >= 0.3 is 0 Å². The van der Waals surface area contributed by atoms with E-state index >= 15 is 0 Å². The molecule has 0 bridgehead atoms. The molecule has 4 rings (SSSR count). The van der Waals surface area contributed by atoms with Gasteiger partial charge in [-0.2, -0.15) is 0 Å². The van der Waals surface area contributed by atoms with Gasteiger partial charge < -0.3 is 4.74 Å². The smallest absolute Gasteiger partial charge is 0.266 e. The van der Waals surface area contributed by atoms with Crippen LogP contribution in [0.5, 0.6) is 5.75 Å². The van der Waals surface area contributed by atoms with E-state index in [0.29, 0.717) is 38.8 Å². The first-order valence-electron chi connectivity index (χ1n) is 8.95. The fraction of sp³-hybridized carbons (Fsp3) is 0.0909. The number of aromatic nitrogens is 1. The second-order valence-corrected chi connectivity index (χ2v) is 7.96. The molecule has 4 aromatic rings. The van der Waals surface area contributed by atoms with Gasteiger partial charge in [0.2, 0.25) is 0 Å². The lowest BCUT2D eigenvalue weighted by Gasteiger charge is -2.21. The van der Waals surface area contributed by atoms with Crippen LogP contribution in [0.3, 0.4) is 0 Å². The number of para-hydroxylation sites is 1. The fourth-order valence-corrected chi connectivity index (χ4v) is 4.30. The molecular formula is C22H16Cl2N2O2S. The summed E-state index contributed by atoms with van der Waals surface area (Å²) in [5, 5.41) is 1.40. The van der Waals surface area contributed by atoms with Crippen molar-refractivity contribution in [2.24, 2.45) is 0 Å². The predicted octanol–water partition coefficient (Wildman–Crippen LogP) is 6.98. The summed E-state index contributed by atoms with van der Waals surface area (Å²) in [6.07, 6.45) is 0. The number of carbonyl (C=O) groups is 1. The van der Waals surface area contributed by atoms with Crippen molar-refractivity contribution in [2.75, 3.05) is 11.5 Å². The summed E-state index contributed by atoms with van der Waals surface area (Å²) in [6, 6.07) is 19.9. The molecule has 0 saturated carbocycles. The number of anilines is 2. The average molecular weight is 443 g/mol. The Morgan fingerprint density at radius 3 is 2.55 bits per heavy atom. The molecule has 3 aromatic carbocycles. The van der Waals surface area contributed by atoms with Gasteiger partial charge in [-0.05, 0) is 43.3 Å². The monoisotopic (exact) mass is 442 g/mol. The Kier molecular flexibility index (Phi) is 5.72. The fourth-order valence-electron chi connectivity index (χ4n) is 2.92. The minimum Gasteiger partial charge on any atom is -0.492 e. The Morgan fingerprint density at radius 2 is 1.79 bits per heavy atom. The van der Waals surface area contributed by atoms with Crippen LogP contribution < -0.4 is 9.64 Å². The molecule has 1 heterocycles. The Morgan fingerprint density at radius 1 is 1.03 bits per heavy atom. The van der Waals surface area contributed by atoms with Crippen LogP contribution in [0.1, 0.15) is 17.3 Å². The minimum atomic E-state index is -0.278. The van der Waals surface area contributed by atoms with Crippen molar-refractivity contribution in [2.45, 2.75) is 6.92 Å². The van der Waals surface area contributed by atoms with Crippen molar-refractivity contribution in [3.63, 3.8) is 0 Å². The molecule has 0 unspecified atom stereocenters. The average Bonchev–Trinajstić information content (AvgIpc) is 3.14. The number of benzene rings is 3. The number of thiazole rings is 1. The number of rotatable bonds is 5. The molecule has 0 aliphatic carbocycles. The summed E-state index contributed by atoms with van der Waals surface area (Å²) in [5.41, 5.74) is 1.81. The lowest BCUT2D eigenvalue weighted by atomic mass is 10.2. The summed E-state index contributed by atoms with van der Waals surface area (Å²) in [4.78, 5) is 19.7. The molecule has 0 spiro atoms. The second kappa shape index (κ2) is 8.41. The Labute approximate surface area is 182 Å². The van der Waals surface area contributed by atoms with Crippen molar-refractivity contribution < 1.29 is 9.53 Å². The summed E-state index contributed by atoms with van der Waals surface area (Å²) in [6.45, 7) is 2.34. The zero-order valence-electron chi connectivity index (χ0n) is 15.4. The molecule has 4 nitrogen and oxygen atoms in total. The standard InChI is InChI=1S/C22H16Cl2N2O2S/c1-2-28-19-13-14(11-12-17(19)24)26(21(27)15-7-3-4-8-16(15)23)22-25-18-9-5-6-10-20(18)29-22/h3-13H,2H2,1H3. The zero-order valence-corrected chi connectivity index (χ0v) is 17.8. The van der Waals surface area contributed by atoms with E-state index in [2.05, 4.69) is 4.98 Å². The van der Waals surface area contributed by atoms with Crippen molar-refractivity contribution in [1.82, 2.24) is 4.98 Å². The van der Waals surface area contributed by atoms with Crippen LogP contribution in [0.25, 0.3) is 10.2 Å². The molecule has 0 N–H and O–H groups in total. The van der Waals surface area contributed by atoms with Crippen LogP contribution in [-0.2, 0) is 0 Å². The normalized spacial score (nSPS) is 10.9. The molecule has 0 atom stereocenters. The minimum absolute atomic E-state index is 0.278. The van der Waals surface area contributed by atoms with Gasteiger partial charge in [-0.15, -0.1) is 0 Å². The van der Waals surface area contributed by atoms with Crippen molar-refractivity contribution in [3.05, 3.63) is 82.3 Å². The highest BCUT2D eigenvalue weighted by Gasteiger charge is 2.25. The largest absolute Gasteiger partial charge is 0.492 e. The first-order chi connectivity index (χ1) is 14.1. The molecule has 29 heavy (non-hydrogen) atoms. The molecule has 0 radical (unpaired) electrons. The summed E-state index contributed by atoms with van der Waals surface area (Å²) in [7, 11) is 0. The van der Waals surface area contributed by atoms with Gasteiger partial charge in [0.15, 0.2) is 5.13 Å². The molecule has 1 aromatic heterocycles. The first kappa shape index (κ1) is 19.7. The van der Waals surface area contributed by atoms with Gasteiger partial charge in [-0.1, -0.05) is 58.8 Å². The number of nitrogens with zero attached hydrogens (tertiary/aromatic N) is 2.